The van der Waals surface area contributed by atoms with Crippen LogP contribution < -0.4 is 14.9 Å². The minimum atomic E-state index is -4.16. The topological polar surface area (TPSA) is 164 Å². The van der Waals surface area contributed by atoms with E-state index in [1.165, 1.54) is 24.1 Å². The number of piperazine rings is 1. The van der Waals surface area contributed by atoms with Crippen molar-refractivity contribution in [2.45, 2.75) is 29.7 Å². The molecule has 12 nitrogen and oxygen atoms in total. The lowest BCUT2D eigenvalue weighted by molar-refractivity contribution is 0.121. The van der Waals surface area contributed by atoms with E-state index < -0.39 is 33.1 Å². The van der Waals surface area contributed by atoms with Crippen LogP contribution in [0.4, 0.5) is 30.1 Å². The Morgan fingerprint density at radius 3 is 2.56 bits per heavy atom. The Morgan fingerprint density at radius 2 is 2.03 bits per heavy atom. The number of halogens is 2. The molecular formula is C20H24F2N8O4S2. The Bertz CT molecular complexity index is 1320. The molecule has 2 aliphatic rings. The quantitative estimate of drug-likeness (QED) is 0.425. The van der Waals surface area contributed by atoms with Gasteiger partial charge in [-0.25, -0.2) is 22.0 Å². The molecule has 194 valence electrons. The van der Waals surface area contributed by atoms with E-state index in [1.807, 2.05) is 11.0 Å². The molecule has 1 aliphatic heterocycles. The first kappa shape index (κ1) is 25.7. The van der Waals surface area contributed by atoms with Gasteiger partial charge < -0.3 is 25.3 Å². The maximum atomic E-state index is 13.2. The van der Waals surface area contributed by atoms with E-state index in [4.69, 9.17) is 10.1 Å². The van der Waals surface area contributed by atoms with Crippen LogP contribution >= 0.6 is 11.3 Å². The number of hydrogen-bond acceptors (Lipinski definition) is 11. The van der Waals surface area contributed by atoms with Crippen molar-refractivity contribution in [1.29, 1.82) is 10.7 Å². The standard InChI is InChI=1S/C20H22F2N8O4S2.H2/c1-34-19(31)30-6-4-29(5-7-30)15-9-12(36(32,33)28-20(11-24)2-3-20)8-14(13(15)10-23)25-18-27-26-17(35-18)16(21)22;/h8-10,16,23,28H,2-7H2,1H3,(H,25,27);1H. The van der Waals surface area contributed by atoms with Crippen LogP contribution in [0.5, 0.6) is 0 Å². The summed E-state index contributed by atoms with van der Waals surface area (Å²) < 4.78 is 59.6. The Morgan fingerprint density at radius 1 is 1.33 bits per heavy atom. The molecule has 0 radical (unpaired) electrons. The van der Waals surface area contributed by atoms with Gasteiger partial charge in [0.25, 0.3) is 6.43 Å². The van der Waals surface area contributed by atoms with E-state index in [0.717, 1.165) is 6.21 Å². The zero-order chi connectivity index (χ0) is 26.1. The summed E-state index contributed by atoms with van der Waals surface area (Å²) >= 11 is 0.601. The van der Waals surface area contributed by atoms with Crippen molar-refractivity contribution in [2.24, 2.45) is 0 Å². The number of rotatable bonds is 8. The molecule has 36 heavy (non-hydrogen) atoms. The van der Waals surface area contributed by atoms with Crippen molar-refractivity contribution in [3.05, 3.63) is 22.7 Å². The van der Waals surface area contributed by atoms with E-state index in [0.29, 0.717) is 56.0 Å². The van der Waals surface area contributed by atoms with Gasteiger partial charge in [0.1, 0.15) is 5.54 Å². The predicted molar refractivity (Wildman–Crippen MR) is 129 cm³/mol. The Labute approximate surface area is 210 Å². The molecule has 0 bridgehead atoms. The van der Waals surface area contributed by atoms with E-state index in [1.54, 1.807) is 0 Å². The first-order valence-electron chi connectivity index (χ1n) is 10.7. The highest BCUT2D eigenvalue weighted by atomic mass is 32.2. The summed E-state index contributed by atoms with van der Waals surface area (Å²) in [5, 5.41) is 26.7. The van der Waals surface area contributed by atoms with Gasteiger partial charge in [-0.05, 0) is 25.0 Å². The van der Waals surface area contributed by atoms with Gasteiger partial charge in [-0.15, -0.1) is 10.2 Å². The predicted octanol–water partition coefficient (Wildman–Crippen LogP) is 2.69. The van der Waals surface area contributed by atoms with Crippen molar-refractivity contribution in [3.8, 4) is 6.07 Å². The van der Waals surface area contributed by atoms with Gasteiger partial charge >= 0.3 is 6.09 Å². The van der Waals surface area contributed by atoms with E-state index in [-0.39, 0.29) is 22.7 Å². The lowest BCUT2D eigenvalue weighted by atomic mass is 10.1. The Hall–Kier alpha value is -3.42. The monoisotopic (exact) mass is 542 g/mol. The lowest BCUT2D eigenvalue weighted by Crippen LogP contribution is -2.49. The smallest absolute Gasteiger partial charge is 0.409 e. The molecule has 1 aliphatic carbocycles. The average molecular weight is 543 g/mol. The highest BCUT2D eigenvalue weighted by Crippen LogP contribution is 2.38. The summed E-state index contributed by atoms with van der Waals surface area (Å²) in [5.41, 5.74) is -0.363. The van der Waals surface area contributed by atoms with E-state index in [9.17, 15) is 27.3 Å². The van der Waals surface area contributed by atoms with Crippen molar-refractivity contribution in [3.63, 3.8) is 0 Å². The van der Waals surface area contributed by atoms with Crippen LogP contribution in [0.2, 0.25) is 0 Å². The molecule has 1 aromatic carbocycles. The molecule has 16 heteroatoms. The number of aromatic nitrogens is 2. The average Bonchev–Trinajstić information content (AvgIpc) is 3.47. The van der Waals surface area contributed by atoms with Crippen LogP contribution in [-0.2, 0) is 14.8 Å². The van der Waals surface area contributed by atoms with Crippen LogP contribution in [0, 0.1) is 16.7 Å². The fourth-order valence-electron chi connectivity index (χ4n) is 3.71. The van der Waals surface area contributed by atoms with Gasteiger partial charge in [0.2, 0.25) is 15.2 Å². The van der Waals surface area contributed by atoms with E-state index in [2.05, 4.69) is 20.2 Å². The zero-order valence-electron chi connectivity index (χ0n) is 19.0. The maximum absolute atomic E-state index is 13.2. The number of anilines is 3. The van der Waals surface area contributed by atoms with Crippen molar-refractivity contribution >= 4 is 50.2 Å². The first-order chi connectivity index (χ1) is 17.1. The van der Waals surface area contributed by atoms with Gasteiger partial charge in [-0.3, -0.25) is 0 Å². The molecule has 3 N–H and O–H groups in total. The minimum Gasteiger partial charge on any atom is -0.453 e. The number of sulfonamides is 1. The molecule has 1 saturated heterocycles. The number of nitrogens with zero attached hydrogens (tertiary/aromatic N) is 5. The first-order valence-corrected chi connectivity index (χ1v) is 13.0. The third-order valence-corrected chi connectivity index (χ3v) is 8.16. The second kappa shape index (κ2) is 9.91. The zero-order valence-corrected chi connectivity index (χ0v) is 20.6. The number of methoxy groups -OCH3 is 1. The lowest BCUT2D eigenvalue weighted by Gasteiger charge is -2.36. The van der Waals surface area contributed by atoms with Crippen molar-refractivity contribution in [2.75, 3.05) is 43.5 Å². The molecule has 0 atom stereocenters. The molecule has 2 aromatic rings. The number of amides is 1. The molecule has 1 aromatic heterocycles. The highest BCUT2D eigenvalue weighted by molar-refractivity contribution is 7.89. The summed E-state index contributed by atoms with van der Waals surface area (Å²) in [7, 11) is -2.88. The summed E-state index contributed by atoms with van der Waals surface area (Å²) in [6.45, 7) is 1.24. The second-order valence-electron chi connectivity index (χ2n) is 8.16. The number of hydrogen-bond donors (Lipinski definition) is 3. The summed E-state index contributed by atoms with van der Waals surface area (Å²) in [5.74, 6) is 0. The highest BCUT2D eigenvalue weighted by Gasteiger charge is 2.47. The molecule has 2 heterocycles. The van der Waals surface area contributed by atoms with Gasteiger partial charge in [0, 0.05) is 45.1 Å². The minimum absolute atomic E-state index is 0. The van der Waals surface area contributed by atoms with Crippen LogP contribution in [-0.4, -0.2) is 74.7 Å². The van der Waals surface area contributed by atoms with Crippen LogP contribution in [0.25, 0.3) is 0 Å². The third kappa shape index (κ3) is 5.22. The Kier molecular flexibility index (Phi) is 7.07. The molecular weight excluding hydrogens is 518 g/mol. The van der Waals surface area contributed by atoms with Gasteiger partial charge in [-0.2, -0.15) is 9.98 Å². The number of ether oxygens (including phenoxy) is 1. The van der Waals surface area contributed by atoms with Crippen molar-refractivity contribution < 1.29 is 28.2 Å². The van der Waals surface area contributed by atoms with Gasteiger partial charge in [-0.1, -0.05) is 11.3 Å². The number of nitrogens with one attached hydrogen (secondary N) is 3. The fourth-order valence-corrected chi connectivity index (χ4v) is 5.74. The molecule has 0 spiro atoms. The molecule has 1 amide bonds. The number of carbonyl (C=O) groups excluding carboxylic acids is 1. The fraction of sp³-hybridized carbons (Fsp3) is 0.450. The van der Waals surface area contributed by atoms with Crippen LogP contribution in [0.15, 0.2) is 17.0 Å². The number of alkyl halides is 2. The third-order valence-electron chi connectivity index (χ3n) is 5.80. The summed E-state index contributed by atoms with van der Waals surface area (Å²) in [6, 6.07) is 4.62. The SMILES string of the molecule is COC(=O)N1CCN(c2cc(S(=O)(=O)NC3(C#N)CC3)cc(Nc3nnc(C(F)F)s3)c2C=N)CC1.[HH]. The Balaban J connectivity index is 0.00000380. The number of benzene rings is 1. The van der Waals surface area contributed by atoms with Crippen LogP contribution in [0.3, 0.4) is 0 Å². The summed E-state index contributed by atoms with van der Waals surface area (Å²) in [6.07, 6.45) is -1.52. The van der Waals surface area contributed by atoms with E-state index >= 15 is 0 Å². The van der Waals surface area contributed by atoms with Crippen LogP contribution in [0.1, 0.15) is 31.3 Å². The number of carbonyl (C=O) groups is 1. The van der Waals surface area contributed by atoms with Gasteiger partial charge in [0.05, 0.1) is 23.8 Å². The normalized spacial score (nSPS) is 17.0. The van der Waals surface area contributed by atoms with Crippen molar-refractivity contribution in [1.82, 2.24) is 19.8 Å². The van der Waals surface area contributed by atoms with Gasteiger partial charge in [0.15, 0.2) is 5.01 Å². The second-order valence-corrected chi connectivity index (χ2v) is 10.9. The molecule has 2 fully saturated rings. The maximum Gasteiger partial charge on any atom is 0.409 e. The molecule has 4 rings (SSSR count). The largest absolute Gasteiger partial charge is 0.453 e. The molecule has 1 saturated carbocycles. The number of nitriles is 1. The summed E-state index contributed by atoms with van der Waals surface area (Å²) in [4.78, 5) is 15.0. The molecule has 0 unspecified atom stereocenters.